The molecule has 19 nitrogen and oxygen atoms in total. The summed E-state index contributed by atoms with van der Waals surface area (Å²) in [4.78, 5) is 90.9. The van der Waals surface area contributed by atoms with Crippen LogP contribution in [0, 0.1) is 0 Å². The van der Waals surface area contributed by atoms with Crippen molar-refractivity contribution in [3.05, 3.63) is 47.3 Å². The van der Waals surface area contributed by atoms with Crippen LogP contribution in [-0.4, -0.2) is 107 Å². The van der Waals surface area contributed by atoms with E-state index in [0.29, 0.717) is 12.2 Å². The number of rotatable bonds is 12. The van der Waals surface area contributed by atoms with Crippen molar-refractivity contribution in [1.29, 1.82) is 0 Å². The number of carbonyl (C=O) groups is 9. The Hall–Kier alpha value is -3.98. The van der Waals surface area contributed by atoms with Crippen molar-refractivity contribution in [2.45, 2.75) is 73.5 Å². The van der Waals surface area contributed by atoms with Crippen molar-refractivity contribution in [3.63, 3.8) is 0 Å². The SMILES string of the molecule is C=COC(C)=O.CC(=O)O.CC(=O)OC(C)CC(C(=O)O)=C(C)C(=O)O.CC(C(=O)O)=C(CC(C)O)C(=O)O.O=C(O)C=CC(=O)O.[Zn].[Zn].[Zn]. The number of aliphatic hydroxyl groups excluding tert-OH is 1. The number of carboxylic acids is 7. The fourth-order valence-electron chi connectivity index (χ4n) is 2.23. The van der Waals surface area contributed by atoms with E-state index in [1.54, 1.807) is 0 Å². The predicted molar refractivity (Wildman–Crippen MR) is 158 cm³/mol. The van der Waals surface area contributed by atoms with Gasteiger partial charge in [0.1, 0.15) is 6.10 Å². The van der Waals surface area contributed by atoms with Crippen molar-refractivity contribution in [2.24, 2.45) is 0 Å². The van der Waals surface area contributed by atoms with Crippen molar-refractivity contribution in [3.8, 4) is 0 Å². The average Bonchev–Trinajstić information content (AvgIpc) is 2.88. The monoisotopic (exact) mass is 872 g/mol. The fourth-order valence-corrected chi connectivity index (χ4v) is 2.23. The van der Waals surface area contributed by atoms with Crippen LogP contribution < -0.4 is 0 Å². The molecule has 272 valence electrons. The summed E-state index contributed by atoms with van der Waals surface area (Å²) in [6, 6.07) is 0. The van der Waals surface area contributed by atoms with Crippen LogP contribution in [0.2, 0.25) is 0 Å². The van der Waals surface area contributed by atoms with Crippen molar-refractivity contribution < 1.29 is 152 Å². The number of esters is 2. The topological polar surface area (TPSA) is 334 Å². The average molecular weight is 877 g/mol. The largest absolute Gasteiger partial charge is 0.481 e. The zero-order valence-corrected chi connectivity index (χ0v) is 37.6. The Balaban J connectivity index is -0.0000000778. The van der Waals surface area contributed by atoms with Gasteiger partial charge < -0.3 is 50.3 Å². The van der Waals surface area contributed by atoms with E-state index in [4.69, 9.17) is 50.4 Å². The first-order chi connectivity index (χ1) is 21.2. The molecule has 2 atom stereocenters. The maximum absolute atomic E-state index is 10.8. The molecule has 0 saturated carbocycles. The molecule has 22 heteroatoms. The summed E-state index contributed by atoms with van der Waals surface area (Å²) in [7, 11) is 0. The molecule has 50 heavy (non-hydrogen) atoms. The summed E-state index contributed by atoms with van der Waals surface area (Å²) in [6.07, 6.45) is 0.395. The van der Waals surface area contributed by atoms with E-state index in [1.165, 1.54) is 41.5 Å². The van der Waals surface area contributed by atoms with Gasteiger partial charge in [0.2, 0.25) is 0 Å². The molecule has 0 bridgehead atoms. The number of aliphatic carboxylic acids is 7. The van der Waals surface area contributed by atoms with Gasteiger partial charge in [0, 0.05) is 121 Å². The van der Waals surface area contributed by atoms with Gasteiger partial charge >= 0.3 is 47.8 Å². The van der Waals surface area contributed by atoms with Crippen LogP contribution >= 0.6 is 0 Å². The van der Waals surface area contributed by atoms with Gasteiger partial charge in [-0.25, -0.2) is 28.8 Å². The molecule has 8 N–H and O–H groups in total. The number of ether oxygens (including phenoxy) is 2. The van der Waals surface area contributed by atoms with Crippen molar-refractivity contribution in [2.75, 3.05) is 0 Å². The Morgan fingerprint density at radius 1 is 0.580 bits per heavy atom. The smallest absolute Gasteiger partial charge is 0.332 e. The first-order valence-corrected chi connectivity index (χ1v) is 12.5. The van der Waals surface area contributed by atoms with E-state index >= 15 is 0 Å². The third-order valence-electron chi connectivity index (χ3n) is 4.04. The normalized spacial score (nSPS) is 11.0. The van der Waals surface area contributed by atoms with Crippen LogP contribution in [0.15, 0.2) is 47.3 Å². The van der Waals surface area contributed by atoms with Crippen molar-refractivity contribution in [1.82, 2.24) is 0 Å². The second-order valence-electron chi connectivity index (χ2n) is 8.41. The zero-order chi connectivity index (χ0) is 38.6. The minimum absolute atomic E-state index is 0. The summed E-state index contributed by atoms with van der Waals surface area (Å²) in [5.41, 5.74) is -1.02. The third-order valence-corrected chi connectivity index (χ3v) is 4.04. The molecule has 0 aliphatic heterocycles. The number of aliphatic hydroxyl groups is 1. The molecular weight excluding hydrogens is 836 g/mol. The number of carboxylic acid groups (broad SMARTS) is 7. The molecule has 0 aliphatic rings. The van der Waals surface area contributed by atoms with Crippen LogP contribution in [0.1, 0.15) is 61.3 Å². The second kappa shape index (κ2) is 37.8. The summed E-state index contributed by atoms with van der Waals surface area (Å²) in [5, 5.41) is 66.6. The van der Waals surface area contributed by atoms with E-state index in [2.05, 4.69) is 11.3 Å². The quantitative estimate of drug-likeness (QED) is 0.0596. The van der Waals surface area contributed by atoms with Crippen LogP contribution in [0.25, 0.3) is 0 Å². The van der Waals surface area contributed by atoms with Gasteiger partial charge in [0.15, 0.2) is 0 Å². The van der Waals surface area contributed by atoms with Crippen molar-refractivity contribution >= 4 is 53.7 Å². The van der Waals surface area contributed by atoms with Gasteiger partial charge in [-0.2, -0.15) is 0 Å². The van der Waals surface area contributed by atoms with E-state index in [9.17, 15) is 38.4 Å². The third kappa shape index (κ3) is 50.9. The zero-order valence-electron chi connectivity index (χ0n) is 28.7. The van der Waals surface area contributed by atoms with Gasteiger partial charge in [-0.3, -0.25) is 14.4 Å². The molecule has 0 aliphatic carbocycles. The molecule has 0 aromatic rings. The first kappa shape index (κ1) is 64.5. The Morgan fingerprint density at radius 3 is 1.04 bits per heavy atom. The predicted octanol–water partition coefficient (Wildman–Crippen LogP) is 1.55. The van der Waals surface area contributed by atoms with E-state index < -0.39 is 60.0 Å². The van der Waals surface area contributed by atoms with Gasteiger partial charge in [-0.1, -0.05) is 6.58 Å². The Morgan fingerprint density at radius 2 is 0.880 bits per heavy atom. The first-order valence-electron chi connectivity index (χ1n) is 12.5. The molecule has 0 saturated heterocycles. The summed E-state index contributed by atoms with van der Waals surface area (Å²) >= 11 is 0. The van der Waals surface area contributed by atoms with Gasteiger partial charge in [-0.05, 0) is 27.7 Å². The minimum Gasteiger partial charge on any atom is -0.481 e. The summed E-state index contributed by atoms with van der Waals surface area (Å²) in [6.45, 7) is 12.1. The van der Waals surface area contributed by atoms with E-state index in [1.807, 2.05) is 0 Å². The van der Waals surface area contributed by atoms with Gasteiger partial charge in [0.05, 0.1) is 17.9 Å². The molecule has 0 aromatic heterocycles. The number of carbonyl (C=O) groups excluding carboxylic acids is 2. The molecule has 0 fully saturated rings. The molecule has 0 heterocycles. The molecule has 2 unspecified atom stereocenters. The molecule has 0 rings (SSSR count). The van der Waals surface area contributed by atoms with Gasteiger partial charge in [-0.15, -0.1) is 0 Å². The number of hydrogen-bond acceptors (Lipinski definition) is 12. The molecule has 0 spiro atoms. The minimum atomic E-state index is -1.32. The molecule has 0 radical (unpaired) electrons. The van der Waals surface area contributed by atoms with E-state index in [0.717, 1.165) is 13.2 Å². The van der Waals surface area contributed by atoms with E-state index in [-0.39, 0.29) is 99.5 Å². The van der Waals surface area contributed by atoms with Crippen LogP contribution in [-0.2, 0) is 111 Å². The molecular formula is C28H40O19Zn3. The fraction of sp³-hybridized carbons (Fsp3) is 0.393. The Bertz CT molecular complexity index is 1210. The molecule has 0 aromatic carbocycles. The maximum Gasteiger partial charge on any atom is 0.332 e. The summed E-state index contributed by atoms with van der Waals surface area (Å²) < 4.78 is 8.90. The summed E-state index contributed by atoms with van der Waals surface area (Å²) in [5.74, 6) is -9.42. The standard InChI is InChI=1S/C10H14O6.C8H12O5.C4H4O4.C4H6O2.C2H4O2.3Zn/c1-5(16-7(3)11)4-8(10(14)15)6(2)9(12)13;1-4(9)3-6(8(12)13)5(2)7(10)11;5-3(6)1-2-4(7)8;1-3-6-4(2)5;1-2(3)4;;;/h5H,4H2,1-3H3,(H,12,13)(H,14,15);4,9H,3H2,1-2H3,(H,10,11)(H,12,13);1-2H,(H,5,6)(H,7,8);3H,1H2,2H3;1H3,(H,3,4);;;. The molecule has 0 amide bonds. The second-order valence-corrected chi connectivity index (χ2v) is 8.41. The Kier molecular flexibility index (Phi) is 48.8. The maximum atomic E-state index is 10.8. The van der Waals surface area contributed by atoms with Crippen LogP contribution in [0.5, 0.6) is 0 Å². The van der Waals surface area contributed by atoms with Crippen LogP contribution in [0.3, 0.4) is 0 Å². The Labute approximate surface area is 325 Å². The number of hydrogen-bond donors (Lipinski definition) is 8. The van der Waals surface area contributed by atoms with Crippen LogP contribution in [0.4, 0.5) is 0 Å². The van der Waals surface area contributed by atoms with Gasteiger partial charge in [0.25, 0.3) is 5.97 Å².